The minimum atomic E-state index is -4.84. The molecule has 5 rings (SSSR count). The van der Waals surface area contributed by atoms with Crippen molar-refractivity contribution >= 4 is 34.8 Å². The molecule has 2 aromatic carbocycles. The topological polar surface area (TPSA) is 86.7 Å². The van der Waals surface area contributed by atoms with Gasteiger partial charge in [0.1, 0.15) is 21.5 Å². The van der Waals surface area contributed by atoms with Gasteiger partial charge in [0.15, 0.2) is 11.5 Å². The van der Waals surface area contributed by atoms with E-state index in [1.807, 2.05) is 4.90 Å². The summed E-state index contributed by atoms with van der Waals surface area (Å²) in [4.78, 5) is 50.8. The van der Waals surface area contributed by atoms with Gasteiger partial charge in [-0.2, -0.15) is 13.2 Å². The molecule has 1 saturated heterocycles. The number of ketones is 1. The van der Waals surface area contributed by atoms with E-state index in [-0.39, 0.29) is 36.2 Å². The summed E-state index contributed by atoms with van der Waals surface area (Å²) in [6.07, 6.45) is -3.73. The van der Waals surface area contributed by atoms with Gasteiger partial charge in [0.2, 0.25) is 5.91 Å². The number of nitrogens with zero attached hydrogens (tertiary/aromatic N) is 5. The number of pyridine rings is 1. The summed E-state index contributed by atoms with van der Waals surface area (Å²) in [6.45, 7) is 1.65. The first kappa shape index (κ1) is 31.8. The minimum Gasteiger partial charge on any atom is -0.353 e. The second-order valence-electron chi connectivity index (χ2n) is 10.6. The van der Waals surface area contributed by atoms with Crippen LogP contribution in [0, 0.1) is 5.82 Å². The highest BCUT2D eigenvalue weighted by Gasteiger charge is 2.39. The van der Waals surface area contributed by atoms with Crippen LogP contribution in [-0.2, 0) is 30.4 Å². The highest BCUT2D eigenvalue weighted by Crippen LogP contribution is 2.35. The Morgan fingerprint density at radius 2 is 1.60 bits per heavy atom. The van der Waals surface area contributed by atoms with Gasteiger partial charge in [0.25, 0.3) is 5.91 Å². The smallest absolute Gasteiger partial charge is 0.353 e. The predicted molar refractivity (Wildman–Crippen MR) is 161 cm³/mol. The number of benzene rings is 2. The standard InChI is InChI=1S/C32H29F4N5O3S/c1-39(31(44)22-7-3-2-4-8-22)20-27-38-30(32(34,35)36)29(45-27)25(42)17-21-11-12-26(37-19-21)40-13-15-41(16-14-40)28(43)18-23-9-5-6-10-24(23)33/h2-12,19H,13-18,20H2,1H3. The van der Waals surface area contributed by atoms with Crippen molar-refractivity contribution in [2.45, 2.75) is 25.6 Å². The third-order valence-electron chi connectivity index (χ3n) is 7.36. The molecule has 2 amide bonds. The summed E-state index contributed by atoms with van der Waals surface area (Å²) in [5.74, 6) is -1.11. The van der Waals surface area contributed by atoms with Crippen molar-refractivity contribution in [2.75, 3.05) is 38.1 Å². The number of amides is 2. The molecule has 0 aliphatic carbocycles. The van der Waals surface area contributed by atoms with E-state index in [9.17, 15) is 31.9 Å². The predicted octanol–water partition coefficient (Wildman–Crippen LogP) is 5.28. The van der Waals surface area contributed by atoms with Crippen LogP contribution in [0.3, 0.4) is 0 Å². The first-order valence-corrected chi connectivity index (χ1v) is 14.9. The molecular weight excluding hydrogens is 610 g/mol. The van der Waals surface area contributed by atoms with Crippen LogP contribution < -0.4 is 4.90 Å². The molecule has 0 radical (unpaired) electrons. The first-order valence-electron chi connectivity index (χ1n) is 14.1. The van der Waals surface area contributed by atoms with Gasteiger partial charge in [-0.15, -0.1) is 11.3 Å². The molecule has 1 aliphatic rings. The molecule has 1 aliphatic heterocycles. The molecule has 0 bridgehead atoms. The number of alkyl halides is 3. The number of aromatic nitrogens is 2. The van der Waals surface area contributed by atoms with E-state index in [0.717, 1.165) is 0 Å². The van der Waals surface area contributed by atoms with Gasteiger partial charge in [0.05, 0.1) is 13.0 Å². The van der Waals surface area contributed by atoms with Crippen molar-refractivity contribution < 1.29 is 31.9 Å². The molecular formula is C32H29F4N5O3S. The maximum absolute atomic E-state index is 13.9. The zero-order valence-electron chi connectivity index (χ0n) is 24.3. The van der Waals surface area contributed by atoms with Crippen LogP contribution >= 0.6 is 11.3 Å². The average molecular weight is 640 g/mol. The number of hydrogen-bond donors (Lipinski definition) is 0. The van der Waals surface area contributed by atoms with Crippen LogP contribution in [0.2, 0.25) is 0 Å². The molecule has 13 heteroatoms. The lowest BCUT2D eigenvalue weighted by Crippen LogP contribution is -2.49. The van der Waals surface area contributed by atoms with Crippen LogP contribution in [0.25, 0.3) is 0 Å². The summed E-state index contributed by atoms with van der Waals surface area (Å²) in [5, 5.41) is -0.00236. The van der Waals surface area contributed by atoms with Gasteiger partial charge in [-0.25, -0.2) is 14.4 Å². The zero-order chi connectivity index (χ0) is 32.1. The molecule has 45 heavy (non-hydrogen) atoms. The number of thiazole rings is 1. The fraction of sp³-hybridized carbons (Fsp3) is 0.281. The lowest BCUT2D eigenvalue weighted by atomic mass is 10.1. The number of piperazine rings is 1. The Bertz CT molecular complexity index is 1670. The SMILES string of the molecule is CN(Cc1nc(C(F)(F)F)c(C(=O)Cc2ccc(N3CCN(C(=O)Cc4ccccc4F)CC3)nc2)s1)C(=O)c1ccccc1. The van der Waals surface area contributed by atoms with E-state index in [4.69, 9.17) is 0 Å². The number of carbonyl (C=O) groups is 3. The number of rotatable bonds is 9. The Balaban J connectivity index is 1.19. The number of hydrogen-bond acceptors (Lipinski definition) is 7. The Morgan fingerprint density at radius 3 is 2.24 bits per heavy atom. The summed E-state index contributed by atoms with van der Waals surface area (Å²) in [5.41, 5.74) is -0.101. The molecule has 0 spiro atoms. The highest BCUT2D eigenvalue weighted by atomic mass is 32.1. The van der Waals surface area contributed by atoms with Crippen molar-refractivity contribution in [1.29, 1.82) is 0 Å². The Labute approximate surface area is 260 Å². The molecule has 0 saturated carbocycles. The van der Waals surface area contributed by atoms with Gasteiger partial charge in [-0.3, -0.25) is 14.4 Å². The van der Waals surface area contributed by atoms with E-state index >= 15 is 0 Å². The summed E-state index contributed by atoms with van der Waals surface area (Å²) in [7, 11) is 1.46. The zero-order valence-corrected chi connectivity index (χ0v) is 25.1. The summed E-state index contributed by atoms with van der Waals surface area (Å²) < 4.78 is 55.4. The highest BCUT2D eigenvalue weighted by molar-refractivity contribution is 7.13. The van der Waals surface area contributed by atoms with Crippen LogP contribution in [-0.4, -0.2) is 70.6 Å². The van der Waals surface area contributed by atoms with Gasteiger partial charge in [-0.05, 0) is 35.4 Å². The van der Waals surface area contributed by atoms with Crippen LogP contribution in [0.4, 0.5) is 23.4 Å². The van der Waals surface area contributed by atoms with Gasteiger partial charge in [-0.1, -0.05) is 42.5 Å². The van der Waals surface area contributed by atoms with E-state index in [1.165, 1.54) is 24.2 Å². The number of anilines is 1. The van der Waals surface area contributed by atoms with Crippen molar-refractivity contribution in [1.82, 2.24) is 19.8 Å². The van der Waals surface area contributed by atoms with Crippen LogP contribution in [0.15, 0.2) is 72.9 Å². The quantitative estimate of drug-likeness (QED) is 0.183. The van der Waals surface area contributed by atoms with Gasteiger partial charge >= 0.3 is 6.18 Å². The molecule has 2 aromatic heterocycles. The van der Waals surface area contributed by atoms with E-state index in [0.29, 0.717) is 60.0 Å². The van der Waals surface area contributed by atoms with Crippen molar-refractivity contribution in [2.24, 2.45) is 0 Å². The first-order chi connectivity index (χ1) is 21.5. The minimum absolute atomic E-state index is 0.00236. The monoisotopic (exact) mass is 639 g/mol. The van der Waals surface area contributed by atoms with E-state index in [2.05, 4.69) is 9.97 Å². The molecule has 4 aromatic rings. The lowest BCUT2D eigenvalue weighted by Gasteiger charge is -2.35. The molecule has 234 valence electrons. The van der Waals surface area contributed by atoms with Crippen molar-refractivity contribution in [3.8, 4) is 0 Å². The Morgan fingerprint density at radius 1 is 0.911 bits per heavy atom. The van der Waals surface area contributed by atoms with Crippen LogP contribution in [0.5, 0.6) is 0 Å². The fourth-order valence-corrected chi connectivity index (χ4v) is 6.04. The summed E-state index contributed by atoms with van der Waals surface area (Å²) in [6, 6.07) is 17.8. The van der Waals surface area contributed by atoms with Gasteiger partial charge in [0, 0.05) is 51.4 Å². The van der Waals surface area contributed by atoms with Crippen molar-refractivity contribution in [3.05, 3.63) is 111 Å². The van der Waals surface area contributed by atoms with Crippen molar-refractivity contribution in [3.63, 3.8) is 0 Å². The second-order valence-corrected chi connectivity index (χ2v) is 11.7. The maximum atomic E-state index is 13.9. The molecule has 3 heterocycles. The average Bonchev–Trinajstić information content (AvgIpc) is 3.47. The Kier molecular flexibility index (Phi) is 9.57. The third-order valence-corrected chi connectivity index (χ3v) is 8.44. The molecule has 0 atom stereocenters. The molecule has 0 unspecified atom stereocenters. The largest absolute Gasteiger partial charge is 0.434 e. The second kappa shape index (κ2) is 13.6. The van der Waals surface area contributed by atoms with Crippen LogP contribution in [0.1, 0.15) is 41.9 Å². The number of Topliss-reactive ketones (excluding diaryl/α,β-unsaturated/α-hetero) is 1. The molecule has 1 fully saturated rings. The fourth-order valence-electron chi connectivity index (χ4n) is 4.96. The Hall–Kier alpha value is -4.65. The van der Waals surface area contributed by atoms with Gasteiger partial charge < -0.3 is 14.7 Å². The van der Waals surface area contributed by atoms with E-state index < -0.39 is 28.3 Å². The number of carbonyl (C=O) groups excluding carboxylic acids is 3. The third kappa shape index (κ3) is 7.72. The normalized spacial score (nSPS) is 13.5. The maximum Gasteiger partial charge on any atom is 0.434 e. The summed E-state index contributed by atoms with van der Waals surface area (Å²) >= 11 is 0.628. The number of halogens is 4. The molecule has 0 N–H and O–H groups in total. The van der Waals surface area contributed by atoms with E-state index in [1.54, 1.807) is 65.6 Å². The lowest BCUT2D eigenvalue weighted by molar-refractivity contribution is -0.141. The molecule has 8 nitrogen and oxygen atoms in total.